The average Bonchev–Trinajstić information content (AvgIpc) is 4.14. The van der Waals surface area contributed by atoms with Crippen LogP contribution in [0.3, 0.4) is 0 Å². The first-order chi connectivity index (χ1) is 35.7. The van der Waals surface area contributed by atoms with E-state index in [9.17, 15) is 13.2 Å². The summed E-state index contributed by atoms with van der Waals surface area (Å²) in [6, 6.07) is 66.7. The van der Waals surface area contributed by atoms with Gasteiger partial charge in [0.25, 0.3) is 0 Å². The highest BCUT2D eigenvalue weighted by Gasteiger charge is 2.32. The minimum atomic E-state index is -4.60. The lowest BCUT2D eigenvalue weighted by molar-refractivity contribution is -0.137. The maximum Gasteiger partial charge on any atom is 0.416 e. The normalized spacial score (nSPS) is 12.4. The third kappa shape index (κ3) is 6.46. The monoisotopic (exact) mass is 945 g/mol. The van der Waals surface area contributed by atoms with Crippen molar-refractivity contribution in [3.63, 3.8) is 0 Å². The summed E-state index contributed by atoms with van der Waals surface area (Å²) in [6.45, 7) is 2.11. The van der Waals surface area contributed by atoms with Crippen molar-refractivity contribution in [2.75, 3.05) is 0 Å². The minimum Gasteiger partial charge on any atom is -0.354 e. The summed E-state index contributed by atoms with van der Waals surface area (Å²) in [5.74, 6) is 0.509. The lowest BCUT2D eigenvalue weighted by Gasteiger charge is -2.12. The molecule has 0 spiro atoms. The standard InChI is InChI=1S/C65H38F3N5/c1-35-12-10-21-44(24-35)57-59-49-28-38-15-4-2-13-36(38)26-47(49)55(69-59)34-56-48-27-37-14-3-5-16-39(37)29-50(48)60(70-56)58(45-22-11-23-46(25-45)65(66,67)68)62-52-31-41-18-7-9-20-43(41)33-54(52)64(72-62)73-63-53-32-42-19-8-6-17-40(42)30-51(53)61(57)71-63/h2-34,69H,1H3,(H,71,72,73). The molecule has 3 aromatic heterocycles. The van der Waals surface area contributed by atoms with Gasteiger partial charge in [-0.3, -0.25) is 0 Å². The van der Waals surface area contributed by atoms with Crippen LogP contribution in [0.4, 0.5) is 13.2 Å². The third-order valence-corrected chi connectivity index (χ3v) is 14.9. The summed E-state index contributed by atoms with van der Waals surface area (Å²) in [5, 5.41) is 11.8. The maximum absolute atomic E-state index is 14.9. The molecule has 0 aliphatic carbocycles. The van der Waals surface area contributed by atoms with Crippen LogP contribution in [0.15, 0.2) is 200 Å². The molecule has 0 fully saturated rings. The van der Waals surface area contributed by atoms with E-state index in [0.29, 0.717) is 39.5 Å². The molecule has 2 aliphatic rings. The van der Waals surface area contributed by atoms with Gasteiger partial charge in [-0.15, -0.1) is 0 Å². The van der Waals surface area contributed by atoms with Gasteiger partial charge in [0, 0.05) is 60.4 Å². The molecule has 73 heavy (non-hydrogen) atoms. The van der Waals surface area contributed by atoms with Crippen LogP contribution < -0.4 is 0 Å². The van der Waals surface area contributed by atoms with E-state index in [0.717, 1.165) is 126 Å². The van der Waals surface area contributed by atoms with Crippen molar-refractivity contribution in [3.05, 3.63) is 211 Å². The van der Waals surface area contributed by atoms with Crippen molar-refractivity contribution in [1.29, 1.82) is 0 Å². The molecule has 8 heteroatoms. The van der Waals surface area contributed by atoms with Crippen LogP contribution in [0, 0.1) is 6.92 Å². The van der Waals surface area contributed by atoms with Gasteiger partial charge in [0.15, 0.2) is 5.82 Å². The largest absolute Gasteiger partial charge is 0.416 e. The summed E-state index contributed by atoms with van der Waals surface area (Å²) < 4.78 is 44.7. The summed E-state index contributed by atoms with van der Waals surface area (Å²) in [4.78, 5) is 24.6. The number of rotatable bonds is 2. The number of alkyl halides is 3. The molecule has 13 aromatic rings. The minimum absolute atomic E-state index is 0.361. The Balaban J connectivity index is 1.23. The van der Waals surface area contributed by atoms with Gasteiger partial charge in [-0.1, -0.05) is 139 Å². The smallest absolute Gasteiger partial charge is 0.354 e. The highest BCUT2D eigenvalue weighted by molar-refractivity contribution is 6.20. The van der Waals surface area contributed by atoms with Gasteiger partial charge < -0.3 is 9.97 Å². The van der Waals surface area contributed by atoms with Crippen molar-refractivity contribution in [1.82, 2.24) is 24.9 Å². The Morgan fingerprint density at radius 1 is 0.384 bits per heavy atom. The second-order valence-corrected chi connectivity index (χ2v) is 19.3. The van der Waals surface area contributed by atoms with Gasteiger partial charge in [0.05, 0.1) is 33.7 Å². The number of halogens is 3. The fraction of sp³-hybridized carbons (Fsp3) is 0.0308. The van der Waals surface area contributed by atoms with E-state index in [1.807, 2.05) is 30.3 Å². The molecule has 10 aromatic carbocycles. The van der Waals surface area contributed by atoms with E-state index in [1.165, 1.54) is 12.1 Å². The second kappa shape index (κ2) is 15.3. The first-order valence-corrected chi connectivity index (χ1v) is 24.3. The molecule has 0 unspecified atom stereocenters. The Bertz CT molecular complexity index is 4750. The number of aromatic nitrogens is 5. The third-order valence-electron chi connectivity index (χ3n) is 14.9. The molecule has 0 amide bonds. The Kier molecular flexibility index (Phi) is 8.67. The Labute approximate surface area is 414 Å². The quantitative estimate of drug-likeness (QED) is 0.181. The van der Waals surface area contributed by atoms with E-state index >= 15 is 0 Å². The van der Waals surface area contributed by atoms with Crippen molar-refractivity contribution < 1.29 is 13.2 Å². The molecule has 5 nitrogen and oxygen atoms in total. The first-order valence-electron chi connectivity index (χ1n) is 24.3. The molecule has 5 heterocycles. The summed E-state index contributed by atoms with van der Waals surface area (Å²) >= 11 is 0. The zero-order valence-electron chi connectivity index (χ0n) is 39.0. The molecule has 2 aliphatic heterocycles. The van der Waals surface area contributed by atoms with Crippen molar-refractivity contribution in [2.24, 2.45) is 0 Å². The Hall–Kier alpha value is -9.40. The van der Waals surface area contributed by atoms with Gasteiger partial charge >= 0.3 is 6.18 Å². The zero-order chi connectivity index (χ0) is 48.7. The SMILES string of the molecule is Cc1cccc(-c2c3nc(nc4[nH]c(c(-c5cccc(C(F)(F)F)c5)c5nc(cc6[nH]c2c2cc7ccccc7cc62)-c2cc6ccccc6cc2-5)c2cc5ccccc5cc42)-c2cc4ccccc4cc2-3)c1. The molecule has 8 bridgehead atoms. The van der Waals surface area contributed by atoms with Gasteiger partial charge in [-0.05, 0) is 128 Å². The fourth-order valence-electron chi connectivity index (χ4n) is 11.4. The first kappa shape index (κ1) is 41.4. The highest BCUT2D eigenvalue weighted by Crippen LogP contribution is 2.49. The molecular formula is C65H38F3N5. The lowest BCUT2D eigenvalue weighted by atomic mass is 9.93. The number of hydrogen-bond donors (Lipinski definition) is 2. The number of nitrogens with one attached hydrogen (secondary N) is 2. The fourth-order valence-corrected chi connectivity index (χ4v) is 11.4. The Morgan fingerprint density at radius 3 is 1.44 bits per heavy atom. The molecule has 2 N–H and O–H groups in total. The van der Waals surface area contributed by atoms with E-state index in [4.69, 9.17) is 15.0 Å². The van der Waals surface area contributed by atoms with Crippen molar-refractivity contribution in [3.8, 4) is 67.4 Å². The topological polar surface area (TPSA) is 70.2 Å². The summed E-state index contributed by atoms with van der Waals surface area (Å²) in [5.41, 5.74) is 11.4. The van der Waals surface area contributed by atoms with Crippen LogP contribution in [0.5, 0.6) is 0 Å². The van der Waals surface area contributed by atoms with Crippen LogP contribution in [0.1, 0.15) is 11.1 Å². The predicted molar refractivity (Wildman–Crippen MR) is 293 cm³/mol. The van der Waals surface area contributed by atoms with E-state index in [2.05, 4.69) is 162 Å². The van der Waals surface area contributed by atoms with Gasteiger partial charge in [-0.2, -0.15) is 13.2 Å². The molecule has 15 rings (SSSR count). The molecule has 0 saturated heterocycles. The van der Waals surface area contributed by atoms with Crippen molar-refractivity contribution in [2.45, 2.75) is 13.1 Å². The van der Waals surface area contributed by atoms with Gasteiger partial charge in [0.1, 0.15) is 5.65 Å². The van der Waals surface area contributed by atoms with Crippen LogP contribution in [0.2, 0.25) is 0 Å². The Morgan fingerprint density at radius 2 is 0.849 bits per heavy atom. The molecule has 0 radical (unpaired) electrons. The summed E-state index contributed by atoms with van der Waals surface area (Å²) in [7, 11) is 0. The highest BCUT2D eigenvalue weighted by atomic mass is 19.4. The molecular weight excluding hydrogens is 908 g/mol. The maximum atomic E-state index is 14.9. The molecule has 0 atom stereocenters. The van der Waals surface area contributed by atoms with Gasteiger partial charge in [-0.25, -0.2) is 15.0 Å². The van der Waals surface area contributed by atoms with Gasteiger partial charge in [0.2, 0.25) is 0 Å². The lowest BCUT2D eigenvalue weighted by Crippen LogP contribution is -2.04. The predicted octanol–water partition coefficient (Wildman–Crippen LogP) is 18.0. The number of aryl methyl sites for hydroxylation is 1. The van der Waals surface area contributed by atoms with Crippen LogP contribution in [-0.4, -0.2) is 24.9 Å². The van der Waals surface area contributed by atoms with Crippen LogP contribution in [-0.2, 0) is 6.18 Å². The molecule has 0 saturated carbocycles. The number of nitrogens with zero attached hydrogens (tertiary/aromatic N) is 3. The molecule has 344 valence electrons. The van der Waals surface area contributed by atoms with E-state index < -0.39 is 11.7 Å². The average molecular weight is 946 g/mol. The number of benzene rings is 10. The van der Waals surface area contributed by atoms with Crippen LogP contribution in [0.25, 0.3) is 154 Å². The van der Waals surface area contributed by atoms with E-state index in [1.54, 1.807) is 6.07 Å². The van der Waals surface area contributed by atoms with Crippen molar-refractivity contribution >= 4 is 86.8 Å². The second-order valence-electron chi connectivity index (χ2n) is 19.3. The zero-order valence-corrected chi connectivity index (χ0v) is 39.0. The van der Waals surface area contributed by atoms with E-state index in [-0.39, 0.29) is 0 Å². The number of hydrogen-bond acceptors (Lipinski definition) is 3. The number of aromatic amines is 2. The summed E-state index contributed by atoms with van der Waals surface area (Å²) in [6.07, 6.45) is -4.60. The number of H-pyrrole nitrogens is 2. The van der Waals surface area contributed by atoms with Crippen LogP contribution >= 0.6 is 0 Å². The number of fused-ring (bicyclic) bond motifs is 24.